The summed E-state index contributed by atoms with van der Waals surface area (Å²) in [5, 5.41) is 15.4. The predicted molar refractivity (Wildman–Crippen MR) is 136 cm³/mol. The highest BCUT2D eigenvalue weighted by molar-refractivity contribution is 5.92. The molecule has 0 heterocycles. The van der Waals surface area contributed by atoms with Crippen molar-refractivity contribution in [2.75, 3.05) is 7.11 Å². The number of hydrogen-bond acceptors (Lipinski definition) is 6. The maximum Gasteiger partial charge on any atom is 0.343 e. The Labute approximate surface area is 212 Å². The second-order valence-electron chi connectivity index (χ2n) is 7.95. The van der Waals surface area contributed by atoms with Crippen LogP contribution in [0, 0.1) is 5.82 Å². The number of ether oxygens (including phenoxy) is 2. The normalized spacial score (nSPS) is 11.2. The van der Waals surface area contributed by atoms with Gasteiger partial charge in [-0.25, -0.2) is 14.6 Å². The van der Waals surface area contributed by atoms with Gasteiger partial charge in [0.2, 0.25) is 0 Å². The lowest BCUT2D eigenvalue weighted by atomic mass is 9.85. The van der Waals surface area contributed by atoms with E-state index in [0.29, 0.717) is 16.7 Å². The van der Waals surface area contributed by atoms with Crippen molar-refractivity contribution in [2.45, 2.75) is 5.60 Å². The van der Waals surface area contributed by atoms with Crippen molar-refractivity contribution in [3.05, 3.63) is 131 Å². The van der Waals surface area contributed by atoms with E-state index < -0.39 is 23.3 Å². The lowest BCUT2D eigenvalue weighted by Gasteiger charge is -2.27. The van der Waals surface area contributed by atoms with Gasteiger partial charge in [-0.05, 0) is 53.1 Å². The number of rotatable bonds is 8. The van der Waals surface area contributed by atoms with Gasteiger partial charge >= 0.3 is 5.97 Å². The van der Waals surface area contributed by atoms with Crippen molar-refractivity contribution in [2.24, 2.45) is 5.10 Å². The molecule has 0 unspecified atom stereocenters. The van der Waals surface area contributed by atoms with Crippen molar-refractivity contribution in [3.63, 3.8) is 0 Å². The number of nitrogens with zero attached hydrogens (tertiary/aromatic N) is 1. The summed E-state index contributed by atoms with van der Waals surface area (Å²) in [5.41, 5.74) is 1.79. The zero-order chi connectivity index (χ0) is 26.3. The standard InChI is InChI=1S/C29H23FN2O5/c1-36-26-17-20(15-16-25(26)37-27(33)21-9-8-14-24(30)18-21)19-31-32-28(34)29(35,22-10-4-2-5-11-22)23-12-6-3-7-13-23/h2-19,35H,1H3,(H,32,34). The Kier molecular flexibility index (Phi) is 7.71. The van der Waals surface area contributed by atoms with Crippen molar-refractivity contribution >= 4 is 18.1 Å². The van der Waals surface area contributed by atoms with E-state index in [9.17, 15) is 19.1 Å². The smallest absolute Gasteiger partial charge is 0.343 e. The molecule has 0 spiro atoms. The zero-order valence-electron chi connectivity index (χ0n) is 19.8. The van der Waals surface area contributed by atoms with E-state index in [0.717, 1.165) is 6.07 Å². The third-order valence-corrected chi connectivity index (χ3v) is 5.54. The van der Waals surface area contributed by atoms with Crippen LogP contribution in [-0.4, -0.2) is 30.3 Å². The van der Waals surface area contributed by atoms with Gasteiger partial charge in [0, 0.05) is 0 Å². The second-order valence-corrected chi connectivity index (χ2v) is 7.95. The van der Waals surface area contributed by atoms with Crippen molar-refractivity contribution in [3.8, 4) is 11.5 Å². The fourth-order valence-corrected chi connectivity index (χ4v) is 3.66. The molecule has 0 aliphatic heterocycles. The average molecular weight is 499 g/mol. The molecule has 0 radical (unpaired) electrons. The number of hydrazone groups is 1. The van der Waals surface area contributed by atoms with Crippen LogP contribution < -0.4 is 14.9 Å². The molecule has 1 amide bonds. The SMILES string of the molecule is COc1cc(C=NNC(=O)C(O)(c2ccccc2)c2ccccc2)ccc1OC(=O)c1cccc(F)c1. The van der Waals surface area contributed by atoms with E-state index in [1.54, 1.807) is 72.8 Å². The number of hydrogen-bond donors (Lipinski definition) is 2. The minimum Gasteiger partial charge on any atom is -0.493 e. The van der Waals surface area contributed by atoms with E-state index in [-0.39, 0.29) is 17.1 Å². The van der Waals surface area contributed by atoms with Crippen molar-refractivity contribution in [1.82, 2.24) is 5.43 Å². The van der Waals surface area contributed by atoms with Crippen molar-refractivity contribution in [1.29, 1.82) is 0 Å². The van der Waals surface area contributed by atoms with Crippen LogP contribution in [-0.2, 0) is 10.4 Å². The maximum absolute atomic E-state index is 13.4. The molecule has 0 saturated heterocycles. The molecule has 37 heavy (non-hydrogen) atoms. The molecule has 2 N–H and O–H groups in total. The Hall–Kier alpha value is -4.82. The molecule has 4 rings (SSSR count). The molecule has 0 aliphatic rings. The summed E-state index contributed by atoms with van der Waals surface area (Å²) in [4.78, 5) is 25.5. The fraction of sp³-hybridized carbons (Fsp3) is 0.0690. The Bertz CT molecular complexity index is 1390. The summed E-state index contributed by atoms with van der Waals surface area (Å²) in [6, 6.07) is 26.9. The lowest BCUT2D eigenvalue weighted by Crippen LogP contribution is -2.43. The first kappa shape index (κ1) is 25.3. The highest BCUT2D eigenvalue weighted by Gasteiger charge is 2.39. The largest absolute Gasteiger partial charge is 0.493 e. The first-order chi connectivity index (χ1) is 17.9. The maximum atomic E-state index is 13.4. The number of halogens is 1. The molecule has 186 valence electrons. The van der Waals surface area contributed by atoms with E-state index in [1.807, 2.05) is 0 Å². The number of benzene rings is 4. The monoisotopic (exact) mass is 498 g/mol. The number of methoxy groups -OCH3 is 1. The number of nitrogens with one attached hydrogen (secondary N) is 1. The van der Waals surface area contributed by atoms with Gasteiger partial charge in [0.25, 0.3) is 5.91 Å². The predicted octanol–water partition coefficient (Wildman–Crippen LogP) is 4.44. The first-order valence-electron chi connectivity index (χ1n) is 11.2. The van der Waals surface area contributed by atoms with Gasteiger partial charge in [0.05, 0.1) is 18.9 Å². The Balaban J connectivity index is 1.51. The minimum absolute atomic E-state index is 0.0553. The van der Waals surface area contributed by atoms with E-state index in [1.165, 1.54) is 37.6 Å². The quantitative estimate of drug-likeness (QED) is 0.162. The molecule has 0 bridgehead atoms. The molecule has 0 atom stereocenters. The fourth-order valence-electron chi connectivity index (χ4n) is 3.66. The van der Waals surface area contributed by atoms with Crippen LogP contribution in [0.4, 0.5) is 4.39 Å². The molecule has 7 nitrogen and oxygen atoms in total. The first-order valence-corrected chi connectivity index (χ1v) is 11.2. The van der Waals surface area contributed by atoms with Gasteiger partial charge in [0.15, 0.2) is 17.1 Å². The molecule has 0 aromatic heterocycles. The molecule has 8 heteroatoms. The summed E-state index contributed by atoms with van der Waals surface area (Å²) in [5.74, 6) is -1.69. The molecule has 4 aromatic rings. The number of carbonyl (C=O) groups is 2. The van der Waals surface area contributed by atoms with Crippen LogP contribution in [0.15, 0.2) is 108 Å². The molecule has 0 aliphatic carbocycles. The molecule has 4 aromatic carbocycles. The van der Waals surface area contributed by atoms with E-state index in [2.05, 4.69) is 10.5 Å². The van der Waals surface area contributed by atoms with Crippen LogP contribution >= 0.6 is 0 Å². The summed E-state index contributed by atoms with van der Waals surface area (Å²) < 4.78 is 24.1. The minimum atomic E-state index is -1.97. The Morgan fingerprint density at radius 2 is 1.51 bits per heavy atom. The highest BCUT2D eigenvalue weighted by atomic mass is 19.1. The van der Waals surface area contributed by atoms with Crippen LogP contribution in [0.5, 0.6) is 11.5 Å². The van der Waals surface area contributed by atoms with Crippen LogP contribution in [0.2, 0.25) is 0 Å². The molecular formula is C29H23FN2O5. The topological polar surface area (TPSA) is 97.2 Å². The van der Waals surface area contributed by atoms with Crippen LogP contribution in [0.3, 0.4) is 0 Å². The summed E-state index contributed by atoms with van der Waals surface area (Å²) >= 11 is 0. The van der Waals surface area contributed by atoms with Crippen LogP contribution in [0.25, 0.3) is 0 Å². The molecule has 0 saturated carbocycles. The summed E-state index contributed by atoms with van der Waals surface area (Å²) in [6.07, 6.45) is 1.36. The van der Waals surface area contributed by atoms with Crippen LogP contribution in [0.1, 0.15) is 27.0 Å². The third-order valence-electron chi connectivity index (χ3n) is 5.54. The van der Waals surface area contributed by atoms with Gasteiger partial charge in [-0.3, -0.25) is 4.79 Å². The third kappa shape index (κ3) is 5.71. The second kappa shape index (κ2) is 11.3. The Morgan fingerprint density at radius 3 is 2.11 bits per heavy atom. The average Bonchev–Trinajstić information content (AvgIpc) is 2.94. The lowest BCUT2D eigenvalue weighted by molar-refractivity contribution is -0.136. The number of esters is 1. The van der Waals surface area contributed by atoms with Gasteiger partial charge in [-0.15, -0.1) is 0 Å². The Morgan fingerprint density at radius 1 is 0.865 bits per heavy atom. The highest BCUT2D eigenvalue weighted by Crippen LogP contribution is 2.30. The van der Waals surface area contributed by atoms with Gasteiger partial charge in [-0.1, -0.05) is 66.7 Å². The number of aliphatic hydroxyl groups is 1. The summed E-state index contributed by atoms with van der Waals surface area (Å²) in [6.45, 7) is 0. The summed E-state index contributed by atoms with van der Waals surface area (Å²) in [7, 11) is 1.40. The van der Waals surface area contributed by atoms with Crippen molar-refractivity contribution < 1.29 is 28.6 Å². The zero-order valence-corrected chi connectivity index (χ0v) is 19.8. The number of amides is 1. The van der Waals surface area contributed by atoms with Gasteiger partial charge in [0.1, 0.15) is 5.82 Å². The molecular weight excluding hydrogens is 475 g/mol. The van der Waals surface area contributed by atoms with E-state index >= 15 is 0 Å². The van der Waals surface area contributed by atoms with E-state index in [4.69, 9.17) is 9.47 Å². The van der Waals surface area contributed by atoms with Gasteiger partial charge in [-0.2, -0.15) is 5.10 Å². The van der Waals surface area contributed by atoms with Gasteiger partial charge < -0.3 is 14.6 Å². The molecule has 0 fully saturated rings. The number of carbonyl (C=O) groups excluding carboxylic acids is 2.